The Morgan fingerprint density at radius 2 is 1.88 bits per heavy atom. The number of aromatic nitrogens is 4. The van der Waals surface area contributed by atoms with Crippen molar-refractivity contribution in [2.45, 2.75) is 17.3 Å². The number of para-hydroxylation sites is 2. The third kappa shape index (κ3) is 3.18. The van der Waals surface area contributed by atoms with Crippen LogP contribution in [0.25, 0.3) is 16.6 Å². The van der Waals surface area contributed by atoms with E-state index < -0.39 is 0 Å². The van der Waals surface area contributed by atoms with E-state index in [4.69, 9.17) is 0 Å². The maximum atomic E-state index is 12.3. The maximum Gasteiger partial charge on any atom is 0.237 e. The first kappa shape index (κ1) is 15.6. The number of carbonyl (C=O) groups is 1. The topological polar surface area (TPSA) is 72.2 Å². The highest BCUT2D eigenvalue weighted by Gasteiger charge is 2.18. The lowest BCUT2D eigenvalue weighted by Gasteiger charge is -2.09. The molecule has 0 fully saturated rings. The molecule has 1 atom stereocenters. The van der Waals surface area contributed by atoms with Gasteiger partial charge in [0.15, 0.2) is 5.65 Å². The van der Waals surface area contributed by atoms with Gasteiger partial charge in [-0.1, -0.05) is 42.1 Å². The summed E-state index contributed by atoms with van der Waals surface area (Å²) in [6.45, 7) is 1.84. The number of nitrogens with zero attached hydrogens (tertiary/aromatic N) is 4. The molecule has 0 saturated carbocycles. The molecule has 0 aliphatic heterocycles. The van der Waals surface area contributed by atoms with Crippen LogP contribution in [0, 0.1) is 0 Å². The van der Waals surface area contributed by atoms with E-state index in [2.05, 4.69) is 20.4 Å². The van der Waals surface area contributed by atoms with Crippen molar-refractivity contribution in [2.75, 3.05) is 5.32 Å². The number of amides is 1. The zero-order chi connectivity index (χ0) is 17.2. The first-order valence-corrected chi connectivity index (χ1v) is 8.71. The van der Waals surface area contributed by atoms with Gasteiger partial charge in [-0.3, -0.25) is 4.79 Å². The van der Waals surface area contributed by atoms with Crippen molar-refractivity contribution in [1.82, 2.24) is 19.6 Å². The Kier molecular flexibility index (Phi) is 4.07. The molecular weight excluding hydrogens is 334 g/mol. The molecule has 1 N–H and O–H groups in total. The SMILES string of the molecule is CC(Sc1nc2c3ccccc3ncn2n1)C(=O)Nc1ccccc1. The van der Waals surface area contributed by atoms with E-state index in [0.29, 0.717) is 5.16 Å². The fourth-order valence-electron chi connectivity index (χ4n) is 2.49. The van der Waals surface area contributed by atoms with Crippen LogP contribution < -0.4 is 5.32 Å². The van der Waals surface area contributed by atoms with Crippen LogP contribution in [0.1, 0.15) is 6.92 Å². The Labute approximate surface area is 148 Å². The summed E-state index contributed by atoms with van der Waals surface area (Å²) in [5.41, 5.74) is 2.38. The number of fused-ring (bicyclic) bond motifs is 3. The Morgan fingerprint density at radius 3 is 2.72 bits per heavy atom. The minimum absolute atomic E-state index is 0.0851. The summed E-state index contributed by atoms with van der Waals surface area (Å²) < 4.78 is 1.65. The van der Waals surface area contributed by atoms with Crippen LogP contribution in [0.15, 0.2) is 66.1 Å². The molecule has 0 aliphatic carbocycles. The van der Waals surface area contributed by atoms with Gasteiger partial charge >= 0.3 is 0 Å². The summed E-state index contributed by atoms with van der Waals surface area (Å²) in [5, 5.41) is 8.47. The van der Waals surface area contributed by atoms with Gasteiger partial charge in [-0.2, -0.15) is 0 Å². The molecule has 1 unspecified atom stereocenters. The number of rotatable bonds is 4. The predicted octanol–water partition coefficient (Wildman–Crippen LogP) is 3.40. The molecule has 0 bridgehead atoms. The molecule has 0 spiro atoms. The minimum Gasteiger partial charge on any atom is -0.325 e. The minimum atomic E-state index is -0.322. The van der Waals surface area contributed by atoms with Gasteiger partial charge in [0.1, 0.15) is 6.33 Å². The van der Waals surface area contributed by atoms with E-state index in [-0.39, 0.29) is 11.2 Å². The fourth-order valence-corrected chi connectivity index (χ4v) is 3.24. The molecule has 4 aromatic rings. The second-order valence-corrected chi connectivity index (χ2v) is 6.85. The van der Waals surface area contributed by atoms with Crippen molar-refractivity contribution >= 4 is 39.9 Å². The standard InChI is InChI=1S/C18H15N5OS/c1-12(17(24)20-13-7-3-2-4-8-13)25-18-21-16-14-9-5-6-10-15(14)19-11-23(16)22-18/h2-12H,1H3,(H,20,24). The van der Waals surface area contributed by atoms with E-state index in [0.717, 1.165) is 22.2 Å². The number of hydrogen-bond donors (Lipinski definition) is 1. The monoisotopic (exact) mass is 349 g/mol. The Balaban J connectivity index is 1.56. The molecule has 2 aromatic heterocycles. The molecule has 7 heteroatoms. The quantitative estimate of drug-likeness (QED) is 0.572. The van der Waals surface area contributed by atoms with E-state index in [1.165, 1.54) is 11.8 Å². The van der Waals surface area contributed by atoms with Crippen molar-refractivity contribution in [3.8, 4) is 0 Å². The number of anilines is 1. The molecule has 2 aromatic carbocycles. The van der Waals surface area contributed by atoms with E-state index in [1.807, 2.05) is 61.5 Å². The summed E-state index contributed by atoms with van der Waals surface area (Å²) in [6.07, 6.45) is 1.64. The number of carbonyl (C=O) groups excluding carboxylic acids is 1. The molecule has 0 aliphatic rings. The molecule has 124 valence electrons. The van der Waals surface area contributed by atoms with Crippen molar-refractivity contribution in [2.24, 2.45) is 0 Å². The molecule has 25 heavy (non-hydrogen) atoms. The zero-order valence-corrected chi connectivity index (χ0v) is 14.3. The molecule has 2 heterocycles. The highest BCUT2D eigenvalue weighted by atomic mass is 32.2. The molecule has 0 saturated heterocycles. The Hall–Kier alpha value is -2.93. The molecule has 0 radical (unpaired) electrons. The number of thioether (sulfide) groups is 1. The van der Waals surface area contributed by atoms with Gasteiger partial charge in [0.2, 0.25) is 11.1 Å². The van der Waals surface area contributed by atoms with Gasteiger partial charge in [0.25, 0.3) is 0 Å². The average Bonchev–Trinajstić information content (AvgIpc) is 3.05. The smallest absolute Gasteiger partial charge is 0.237 e. The van der Waals surface area contributed by atoms with Crippen molar-refractivity contribution in [3.05, 3.63) is 60.9 Å². The molecular formula is C18H15N5OS. The summed E-state index contributed by atoms with van der Waals surface area (Å²) in [5.74, 6) is -0.0851. The first-order chi connectivity index (χ1) is 12.2. The number of hydrogen-bond acceptors (Lipinski definition) is 5. The van der Waals surface area contributed by atoms with Crippen molar-refractivity contribution in [3.63, 3.8) is 0 Å². The highest BCUT2D eigenvalue weighted by molar-refractivity contribution is 8.00. The highest BCUT2D eigenvalue weighted by Crippen LogP contribution is 2.24. The van der Waals surface area contributed by atoms with Crippen LogP contribution >= 0.6 is 11.8 Å². The third-order valence-electron chi connectivity index (χ3n) is 3.76. The Morgan fingerprint density at radius 1 is 1.12 bits per heavy atom. The summed E-state index contributed by atoms with van der Waals surface area (Å²) >= 11 is 1.32. The van der Waals surface area contributed by atoms with Crippen LogP contribution in [-0.4, -0.2) is 30.7 Å². The molecule has 1 amide bonds. The van der Waals surface area contributed by atoms with Crippen molar-refractivity contribution < 1.29 is 4.79 Å². The molecule has 4 rings (SSSR count). The first-order valence-electron chi connectivity index (χ1n) is 7.83. The summed E-state index contributed by atoms with van der Waals surface area (Å²) in [6, 6.07) is 17.2. The van der Waals surface area contributed by atoms with E-state index in [9.17, 15) is 4.79 Å². The average molecular weight is 349 g/mol. The van der Waals surface area contributed by atoms with Gasteiger partial charge in [0.05, 0.1) is 10.8 Å². The van der Waals surface area contributed by atoms with E-state index in [1.54, 1.807) is 10.8 Å². The van der Waals surface area contributed by atoms with Gasteiger partial charge < -0.3 is 5.32 Å². The summed E-state index contributed by atoms with van der Waals surface area (Å²) in [7, 11) is 0. The van der Waals surface area contributed by atoms with Crippen LogP contribution in [0.3, 0.4) is 0 Å². The molecule has 6 nitrogen and oxygen atoms in total. The van der Waals surface area contributed by atoms with Gasteiger partial charge in [-0.25, -0.2) is 14.5 Å². The normalized spacial score (nSPS) is 12.4. The van der Waals surface area contributed by atoms with Gasteiger partial charge in [-0.05, 0) is 31.2 Å². The maximum absolute atomic E-state index is 12.3. The number of nitrogens with one attached hydrogen (secondary N) is 1. The Bertz CT molecular complexity index is 1050. The predicted molar refractivity (Wildman–Crippen MR) is 98.7 cm³/mol. The van der Waals surface area contributed by atoms with E-state index >= 15 is 0 Å². The lowest BCUT2D eigenvalue weighted by molar-refractivity contribution is -0.115. The lowest BCUT2D eigenvalue weighted by Crippen LogP contribution is -2.22. The van der Waals surface area contributed by atoms with Gasteiger partial charge in [0, 0.05) is 11.1 Å². The van der Waals surface area contributed by atoms with Crippen LogP contribution in [-0.2, 0) is 4.79 Å². The van der Waals surface area contributed by atoms with Crippen LogP contribution in [0.4, 0.5) is 5.69 Å². The van der Waals surface area contributed by atoms with Crippen LogP contribution in [0.2, 0.25) is 0 Å². The zero-order valence-electron chi connectivity index (χ0n) is 13.5. The number of benzene rings is 2. The van der Waals surface area contributed by atoms with Gasteiger partial charge in [-0.15, -0.1) is 5.10 Å². The lowest BCUT2D eigenvalue weighted by atomic mass is 10.2. The van der Waals surface area contributed by atoms with Crippen LogP contribution in [0.5, 0.6) is 0 Å². The third-order valence-corrected chi connectivity index (χ3v) is 4.71. The largest absolute Gasteiger partial charge is 0.325 e. The fraction of sp³-hybridized carbons (Fsp3) is 0.111. The second-order valence-electron chi connectivity index (χ2n) is 5.54. The van der Waals surface area contributed by atoms with Crippen molar-refractivity contribution in [1.29, 1.82) is 0 Å². The summed E-state index contributed by atoms with van der Waals surface area (Å²) in [4.78, 5) is 21.3. The second kappa shape index (κ2) is 6.52.